The maximum absolute atomic E-state index is 5.31. The van der Waals surface area contributed by atoms with E-state index in [-0.39, 0.29) is 0 Å². The molecule has 3 heterocycles. The van der Waals surface area contributed by atoms with Crippen molar-refractivity contribution in [2.45, 2.75) is 42.7 Å². The van der Waals surface area contributed by atoms with Crippen LogP contribution in [0.25, 0.3) is 10.2 Å². The predicted molar refractivity (Wildman–Crippen MR) is 124 cm³/mol. The largest absolute Gasteiger partial charge is 0.497 e. The Labute approximate surface area is 186 Å². The quantitative estimate of drug-likeness (QED) is 0.527. The molecule has 1 fully saturated rings. The minimum atomic E-state index is 0.840. The summed E-state index contributed by atoms with van der Waals surface area (Å²) in [6, 6.07) is 8.28. The first kappa shape index (κ1) is 20.2. The van der Waals surface area contributed by atoms with Crippen LogP contribution in [0.1, 0.15) is 29.6 Å². The van der Waals surface area contributed by atoms with E-state index in [9.17, 15) is 0 Å². The normalized spacial score (nSPS) is 17.5. The first-order chi connectivity index (χ1) is 14.7. The lowest BCUT2D eigenvalue weighted by Gasteiger charge is -2.33. The summed E-state index contributed by atoms with van der Waals surface area (Å²) < 4.78 is 5.31. The van der Waals surface area contributed by atoms with Crippen molar-refractivity contribution in [3.8, 4) is 5.75 Å². The third kappa shape index (κ3) is 4.08. The molecule has 158 valence electrons. The molecule has 1 aliphatic carbocycles. The van der Waals surface area contributed by atoms with Crippen LogP contribution in [0.5, 0.6) is 5.75 Å². The average molecular weight is 441 g/mol. The smallest absolute Gasteiger partial charge is 0.145 e. The van der Waals surface area contributed by atoms with Gasteiger partial charge in [-0.1, -0.05) is 18.7 Å². The van der Waals surface area contributed by atoms with Crippen molar-refractivity contribution in [3.05, 3.63) is 40.5 Å². The van der Waals surface area contributed by atoms with Crippen molar-refractivity contribution >= 4 is 33.3 Å². The van der Waals surface area contributed by atoms with Gasteiger partial charge in [0.1, 0.15) is 21.4 Å². The fourth-order valence-electron chi connectivity index (χ4n) is 4.37. The van der Waals surface area contributed by atoms with Gasteiger partial charge in [0, 0.05) is 41.3 Å². The molecule has 0 spiro atoms. The summed E-state index contributed by atoms with van der Waals surface area (Å²) in [5, 5.41) is 2.42. The van der Waals surface area contributed by atoms with Gasteiger partial charge in [-0.3, -0.25) is 4.90 Å². The van der Waals surface area contributed by atoms with Crippen molar-refractivity contribution in [1.82, 2.24) is 19.8 Å². The molecule has 5 rings (SSSR count). The van der Waals surface area contributed by atoms with Crippen LogP contribution in [0, 0.1) is 0 Å². The van der Waals surface area contributed by atoms with Crippen molar-refractivity contribution in [3.63, 3.8) is 0 Å². The summed E-state index contributed by atoms with van der Waals surface area (Å²) in [5.74, 6) is 1.85. The van der Waals surface area contributed by atoms with Crippen LogP contribution in [-0.2, 0) is 19.4 Å². The minimum Gasteiger partial charge on any atom is -0.497 e. The highest BCUT2D eigenvalue weighted by Gasteiger charge is 2.24. The van der Waals surface area contributed by atoms with Gasteiger partial charge in [0.05, 0.1) is 13.7 Å². The number of piperazine rings is 1. The van der Waals surface area contributed by atoms with Gasteiger partial charge < -0.3 is 9.64 Å². The van der Waals surface area contributed by atoms with Crippen LogP contribution >= 0.6 is 23.1 Å². The van der Waals surface area contributed by atoms with E-state index in [2.05, 4.69) is 28.9 Å². The van der Waals surface area contributed by atoms with E-state index in [0.717, 1.165) is 62.3 Å². The van der Waals surface area contributed by atoms with E-state index in [4.69, 9.17) is 14.7 Å². The molecule has 5 nitrogen and oxygen atoms in total. The molecule has 2 aliphatic rings. The van der Waals surface area contributed by atoms with Crippen LogP contribution in [0.15, 0.2) is 34.2 Å². The molecule has 7 heteroatoms. The molecule has 3 aromatic rings. The van der Waals surface area contributed by atoms with Crippen molar-refractivity contribution in [2.24, 2.45) is 0 Å². The maximum atomic E-state index is 5.31. The molecule has 0 saturated carbocycles. The fourth-order valence-corrected chi connectivity index (χ4v) is 6.68. The number of likely N-dealkylation sites (N-methyl/N-ethyl adjacent to an activating group) is 1. The lowest BCUT2D eigenvalue weighted by Crippen LogP contribution is -2.45. The van der Waals surface area contributed by atoms with Crippen molar-refractivity contribution in [1.29, 1.82) is 0 Å². The zero-order chi connectivity index (χ0) is 20.5. The van der Waals surface area contributed by atoms with E-state index in [1.165, 1.54) is 38.4 Å². The second-order valence-corrected chi connectivity index (χ2v) is 10.1. The minimum absolute atomic E-state index is 0.840. The molecule has 0 N–H and O–H groups in total. The predicted octanol–water partition coefficient (Wildman–Crippen LogP) is 4.48. The third-order valence-electron chi connectivity index (χ3n) is 6.13. The van der Waals surface area contributed by atoms with E-state index in [0.29, 0.717) is 0 Å². The molecule has 0 amide bonds. The number of benzene rings is 1. The van der Waals surface area contributed by atoms with Crippen LogP contribution in [0.2, 0.25) is 0 Å². The summed E-state index contributed by atoms with van der Waals surface area (Å²) in [6.07, 6.45) is 3.61. The maximum Gasteiger partial charge on any atom is 0.145 e. The number of fused-ring (bicyclic) bond motifs is 3. The third-order valence-corrected chi connectivity index (χ3v) is 8.31. The van der Waals surface area contributed by atoms with Gasteiger partial charge in [0.25, 0.3) is 0 Å². The zero-order valence-electron chi connectivity index (χ0n) is 17.7. The topological polar surface area (TPSA) is 41.5 Å². The van der Waals surface area contributed by atoms with E-state index in [1.807, 2.05) is 23.5 Å². The van der Waals surface area contributed by atoms with E-state index in [1.54, 1.807) is 18.9 Å². The van der Waals surface area contributed by atoms with E-state index < -0.39 is 0 Å². The molecule has 1 saturated heterocycles. The molecular formula is C23H28N4OS2. The number of thiophene rings is 1. The average Bonchev–Trinajstić information content (AvgIpc) is 3.36. The van der Waals surface area contributed by atoms with Crippen LogP contribution < -0.4 is 4.74 Å². The molecule has 1 aliphatic heterocycles. The van der Waals surface area contributed by atoms with Gasteiger partial charge in [-0.15, -0.1) is 11.3 Å². The van der Waals surface area contributed by atoms with Gasteiger partial charge in [-0.25, -0.2) is 9.97 Å². The number of methoxy groups -OCH3 is 1. The molecular weight excluding hydrogens is 412 g/mol. The van der Waals surface area contributed by atoms with Gasteiger partial charge in [0.2, 0.25) is 0 Å². The highest BCUT2D eigenvalue weighted by atomic mass is 32.2. The molecule has 30 heavy (non-hydrogen) atoms. The van der Waals surface area contributed by atoms with Gasteiger partial charge in [-0.05, 0) is 55.6 Å². The van der Waals surface area contributed by atoms with Crippen LogP contribution in [-0.4, -0.2) is 59.6 Å². The fraction of sp³-hybridized carbons (Fsp3) is 0.478. The molecule has 0 atom stereocenters. The lowest BCUT2D eigenvalue weighted by molar-refractivity contribution is 0.129. The Morgan fingerprint density at radius 1 is 1.03 bits per heavy atom. The zero-order valence-corrected chi connectivity index (χ0v) is 19.3. The molecule has 0 radical (unpaired) electrons. The number of nitrogens with zero attached hydrogens (tertiary/aromatic N) is 4. The highest BCUT2D eigenvalue weighted by Crippen LogP contribution is 2.42. The van der Waals surface area contributed by atoms with E-state index >= 15 is 0 Å². The summed E-state index contributed by atoms with van der Waals surface area (Å²) in [4.78, 5) is 19.0. The number of rotatable bonds is 6. The standard InChI is InChI=1S/C23H28N4OS2/c1-3-26-11-13-27(14-12-26)15-20-24-22(29-17-9-7-16(28-2)8-10-17)21-18-5-4-6-19(18)30-23(21)25-20/h7-10H,3-6,11-15H2,1-2H3. The summed E-state index contributed by atoms with van der Waals surface area (Å²) in [6.45, 7) is 8.69. The molecule has 0 bridgehead atoms. The molecule has 0 unspecified atom stereocenters. The summed E-state index contributed by atoms with van der Waals surface area (Å²) in [5.41, 5.74) is 1.49. The number of aryl methyl sites for hydroxylation is 2. The van der Waals surface area contributed by atoms with Gasteiger partial charge in [0.15, 0.2) is 0 Å². The second-order valence-electron chi connectivity index (χ2n) is 7.97. The van der Waals surface area contributed by atoms with Crippen molar-refractivity contribution in [2.75, 3.05) is 39.8 Å². The first-order valence-corrected chi connectivity index (χ1v) is 12.4. The Morgan fingerprint density at radius 2 is 1.80 bits per heavy atom. The highest BCUT2D eigenvalue weighted by molar-refractivity contribution is 7.99. The van der Waals surface area contributed by atoms with Crippen LogP contribution in [0.3, 0.4) is 0 Å². The number of hydrogen-bond acceptors (Lipinski definition) is 7. The molecule has 2 aromatic heterocycles. The Morgan fingerprint density at radius 3 is 2.53 bits per heavy atom. The Hall–Kier alpha value is -1.67. The SMILES string of the molecule is CCN1CCN(Cc2nc(Sc3ccc(OC)cc3)c3c4c(sc3n2)CCC4)CC1. The number of hydrogen-bond donors (Lipinski definition) is 0. The Balaban J connectivity index is 1.45. The second kappa shape index (κ2) is 8.83. The Kier molecular flexibility index (Phi) is 5.96. The summed E-state index contributed by atoms with van der Waals surface area (Å²) >= 11 is 3.65. The van der Waals surface area contributed by atoms with Gasteiger partial charge >= 0.3 is 0 Å². The van der Waals surface area contributed by atoms with Crippen molar-refractivity contribution < 1.29 is 4.74 Å². The summed E-state index contributed by atoms with van der Waals surface area (Å²) in [7, 11) is 1.71. The van der Waals surface area contributed by atoms with Gasteiger partial charge in [-0.2, -0.15) is 0 Å². The number of aromatic nitrogens is 2. The van der Waals surface area contributed by atoms with Crippen LogP contribution in [0.4, 0.5) is 0 Å². The molecule has 1 aromatic carbocycles. The first-order valence-electron chi connectivity index (χ1n) is 10.8. The number of ether oxygens (including phenoxy) is 1. The monoisotopic (exact) mass is 440 g/mol. The lowest BCUT2D eigenvalue weighted by atomic mass is 10.2. The Bertz CT molecular complexity index is 1030.